The average molecular weight is 437 g/mol. The predicted octanol–water partition coefficient (Wildman–Crippen LogP) is 1.60. The zero-order valence-electron chi connectivity index (χ0n) is 19.0. The molecule has 1 spiro atoms. The number of methoxy groups -OCH3 is 1. The molecule has 2 aliphatic heterocycles. The molecule has 7 nitrogen and oxygen atoms in total. The van der Waals surface area contributed by atoms with Crippen molar-refractivity contribution in [3.8, 4) is 0 Å². The number of hydrogen-bond acceptors (Lipinski definition) is 7. The Labute approximate surface area is 184 Å². The van der Waals surface area contributed by atoms with E-state index in [0.717, 1.165) is 5.57 Å². The van der Waals surface area contributed by atoms with E-state index in [0.29, 0.717) is 12.8 Å². The number of carbonyl (C=O) groups excluding carboxylic acids is 1. The summed E-state index contributed by atoms with van der Waals surface area (Å²) in [5.74, 6) is -1.25. The van der Waals surface area contributed by atoms with Gasteiger partial charge in [0.1, 0.15) is 6.10 Å². The molecule has 4 rings (SSSR count). The summed E-state index contributed by atoms with van der Waals surface area (Å²) in [5, 5.41) is 32.2. The molecule has 1 saturated carbocycles. The molecule has 174 valence electrons. The van der Waals surface area contributed by atoms with Crippen LogP contribution in [0.15, 0.2) is 23.8 Å². The fraction of sp³-hybridized carbons (Fsp3) is 0.792. The molecule has 2 aliphatic carbocycles. The van der Waals surface area contributed by atoms with Crippen LogP contribution in [0.3, 0.4) is 0 Å². The minimum Gasteiger partial charge on any atom is -0.457 e. The Balaban J connectivity index is 1.85. The highest BCUT2D eigenvalue weighted by Crippen LogP contribution is 2.61. The quantitative estimate of drug-likeness (QED) is 0.446. The number of aliphatic hydroxyl groups is 3. The second-order valence-electron chi connectivity index (χ2n) is 10.0. The summed E-state index contributed by atoms with van der Waals surface area (Å²) in [6.45, 7) is 7.47. The van der Waals surface area contributed by atoms with Gasteiger partial charge in [0.05, 0.1) is 30.5 Å². The SMILES string of the molecule is CO[C@H]1C[C@H]2C=C[C@H]3O[C@@H]4C[C@@H]([C@H](O)[C@@H](C)[C@H]4O)[C@]23/C(C)=C/[C@@H](C)[C@@H]([C@@H](C)O)OC1=O. The maximum Gasteiger partial charge on any atom is 0.335 e. The topological polar surface area (TPSA) is 105 Å². The zero-order chi connectivity index (χ0) is 22.7. The molecule has 31 heavy (non-hydrogen) atoms. The number of cyclic esters (lactones) is 1. The van der Waals surface area contributed by atoms with Crippen molar-refractivity contribution in [2.75, 3.05) is 7.11 Å². The summed E-state index contributed by atoms with van der Waals surface area (Å²) in [4.78, 5) is 12.9. The third kappa shape index (κ3) is 3.40. The Kier molecular flexibility index (Phi) is 6.11. The lowest BCUT2D eigenvalue weighted by molar-refractivity contribution is -0.238. The molecule has 7 heteroatoms. The number of rotatable bonds is 2. The smallest absolute Gasteiger partial charge is 0.335 e. The first-order chi connectivity index (χ1) is 14.6. The first kappa shape index (κ1) is 22.9. The van der Waals surface area contributed by atoms with E-state index in [4.69, 9.17) is 14.2 Å². The molecule has 2 bridgehead atoms. The molecule has 0 aromatic rings. The largest absolute Gasteiger partial charge is 0.457 e. The van der Waals surface area contributed by atoms with Gasteiger partial charge in [-0.2, -0.15) is 0 Å². The summed E-state index contributed by atoms with van der Waals surface area (Å²) < 4.78 is 17.6. The highest BCUT2D eigenvalue weighted by atomic mass is 16.6. The monoisotopic (exact) mass is 436 g/mol. The molecule has 4 aliphatic rings. The van der Waals surface area contributed by atoms with Crippen molar-refractivity contribution in [3.63, 3.8) is 0 Å². The van der Waals surface area contributed by atoms with Crippen LogP contribution in [0.2, 0.25) is 0 Å². The van der Waals surface area contributed by atoms with E-state index in [1.165, 1.54) is 7.11 Å². The van der Waals surface area contributed by atoms with Crippen LogP contribution in [0, 0.1) is 29.1 Å². The molecule has 3 N–H and O–H groups in total. The van der Waals surface area contributed by atoms with Crippen molar-refractivity contribution >= 4 is 5.97 Å². The lowest BCUT2D eigenvalue weighted by atomic mass is 9.53. The van der Waals surface area contributed by atoms with Gasteiger partial charge in [0.2, 0.25) is 0 Å². The highest BCUT2D eigenvalue weighted by Gasteiger charge is 2.64. The Morgan fingerprint density at radius 3 is 2.55 bits per heavy atom. The number of hydrogen-bond donors (Lipinski definition) is 3. The maximum absolute atomic E-state index is 12.9. The van der Waals surface area contributed by atoms with E-state index < -0.39 is 41.9 Å². The molecule has 2 fully saturated rings. The first-order valence-corrected chi connectivity index (χ1v) is 11.4. The third-order valence-corrected chi connectivity index (χ3v) is 8.35. The van der Waals surface area contributed by atoms with Crippen molar-refractivity contribution in [2.45, 2.75) is 83.3 Å². The molecule has 0 aromatic carbocycles. The molecule has 2 heterocycles. The Hall–Kier alpha value is -1.25. The lowest BCUT2D eigenvalue weighted by Crippen LogP contribution is -2.64. The molecular weight excluding hydrogens is 400 g/mol. The van der Waals surface area contributed by atoms with E-state index in [1.807, 2.05) is 19.9 Å². The highest BCUT2D eigenvalue weighted by molar-refractivity contribution is 5.75. The van der Waals surface area contributed by atoms with Crippen molar-refractivity contribution in [3.05, 3.63) is 23.8 Å². The van der Waals surface area contributed by atoms with Crippen LogP contribution in [0.1, 0.15) is 40.5 Å². The van der Waals surface area contributed by atoms with Crippen molar-refractivity contribution in [2.24, 2.45) is 29.1 Å². The van der Waals surface area contributed by atoms with E-state index in [-0.39, 0.29) is 35.9 Å². The molecule has 0 radical (unpaired) electrons. The number of carbonyl (C=O) groups is 1. The summed E-state index contributed by atoms with van der Waals surface area (Å²) in [7, 11) is 1.49. The van der Waals surface area contributed by atoms with Gasteiger partial charge in [0.15, 0.2) is 6.10 Å². The molecular formula is C24H36O7. The zero-order valence-corrected chi connectivity index (χ0v) is 19.0. The van der Waals surface area contributed by atoms with E-state index >= 15 is 0 Å². The Bertz CT molecular complexity index is 761. The minimum absolute atomic E-state index is 0.0930. The fourth-order valence-corrected chi connectivity index (χ4v) is 6.74. The lowest BCUT2D eigenvalue weighted by Gasteiger charge is -2.59. The summed E-state index contributed by atoms with van der Waals surface area (Å²) in [5.41, 5.74) is 0.514. The van der Waals surface area contributed by atoms with E-state index in [9.17, 15) is 20.1 Å². The standard InChI is InChI=1S/C24H36O7/c1-11-8-12(2)24-15(9-18(29-5)23(28)31-22(11)14(4)25)6-7-19(24)30-17-10-16(24)20(26)13(3)21(17)27/h6-8,11,13-22,25-27H,9-10H2,1-5H3/b12-8+/t11-,13-,14-,15-,16+,17-,18+,19-,20-,21-,22+,24+/m1/s1. The van der Waals surface area contributed by atoms with Gasteiger partial charge in [0.25, 0.3) is 0 Å². The van der Waals surface area contributed by atoms with Crippen LogP contribution in [0.5, 0.6) is 0 Å². The number of ether oxygens (including phenoxy) is 3. The van der Waals surface area contributed by atoms with Gasteiger partial charge in [-0.25, -0.2) is 4.79 Å². The van der Waals surface area contributed by atoms with Gasteiger partial charge in [-0.05, 0) is 32.6 Å². The van der Waals surface area contributed by atoms with Crippen LogP contribution in [0.25, 0.3) is 0 Å². The van der Waals surface area contributed by atoms with Crippen LogP contribution in [0.4, 0.5) is 0 Å². The Morgan fingerprint density at radius 1 is 1.19 bits per heavy atom. The fourth-order valence-electron chi connectivity index (χ4n) is 6.74. The third-order valence-electron chi connectivity index (χ3n) is 8.35. The van der Waals surface area contributed by atoms with Gasteiger partial charge in [-0.15, -0.1) is 0 Å². The van der Waals surface area contributed by atoms with Crippen LogP contribution in [-0.2, 0) is 19.0 Å². The van der Waals surface area contributed by atoms with Crippen molar-refractivity contribution < 1.29 is 34.3 Å². The first-order valence-electron chi connectivity index (χ1n) is 11.4. The van der Waals surface area contributed by atoms with E-state index in [1.54, 1.807) is 6.92 Å². The van der Waals surface area contributed by atoms with Gasteiger partial charge in [0, 0.05) is 30.3 Å². The number of esters is 1. The second kappa shape index (κ2) is 8.27. The normalized spacial score (nSPS) is 52.4. The van der Waals surface area contributed by atoms with Gasteiger partial charge in [-0.1, -0.05) is 37.6 Å². The van der Waals surface area contributed by atoms with E-state index in [2.05, 4.69) is 19.1 Å². The molecule has 0 aromatic heterocycles. The summed E-state index contributed by atoms with van der Waals surface area (Å²) in [6.07, 6.45) is 2.75. The minimum atomic E-state index is -0.840. The van der Waals surface area contributed by atoms with Gasteiger partial charge >= 0.3 is 5.97 Å². The second-order valence-corrected chi connectivity index (χ2v) is 10.0. The maximum atomic E-state index is 12.9. The number of fused-ring (bicyclic) bond motifs is 2. The van der Waals surface area contributed by atoms with Crippen molar-refractivity contribution in [1.29, 1.82) is 0 Å². The van der Waals surface area contributed by atoms with Crippen LogP contribution >= 0.6 is 0 Å². The van der Waals surface area contributed by atoms with Gasteiger partial charge < -0.3 is 29.5 Å². The molecule has 0 unspecified atom stereocenters. The molecule has 0 amide bonds. The predicted molar refractivity (Wildman–Crippen MR) is 113 cm³/mol. The molecule has 12 atom stereocenters. The molecule has 1 saturated heterocycles. The van der Waals surface area contributed by atoms with Crippen LogP contribution < -0.4 is 0 Å². The van der Waals surface area contributed by atoms with Crippen LogP contribution in [-0.4, -0.2) is 71.1 Å². The average Bonchev–Trinajstić information content (AvgIpc) is 3.10. The van der Waals surface area contributed by atoms with Crippen molar-refractivity contribution in [1.82, 2.24) is 0 Å². The van der Waals surface area contributed by atoms with Gasteiger partial charge in [-0.3, -0.25) is 0 Å². The Morgan fingerprint density at radius 2 is 1.90 bits per heavy atom. The number of aliphatic hydroxyl groups excluding tert-OH is 3. The summed E-state index contributed by atoms with van der Waals surface area (Å²) in [6, 6.07) is 0. The number of allylic oxidation sites excluding steroid dienone is 1. The summed E-state index contributed by atoms with van der Waals surface area (Å²) >= 11 is 0.